The molecule has 0 radical (unpaired) electrons. The molecule has 0 heterocycles. The molecule has 0 saturated heterocycles. The summed E-state index contributed by atoms with van der Waals surface area (Å²) in [5.41, 5.74) is 1.33. The fourth-order valence-corrected chi connectivity index (χ4v) is 1.93. The van der Waals surface area contributed by atoms with Crippen LogP contribution in [0.1, 0.15) is 5.56 Å². The predicted molar refractivity (Wildman–Crippen MR) is 75.1 cm³/mol. The van der Waals surface area contributed by atoms with Crippen LogP contribution in [0.25, 0.3) is 0 Å². The van der Waals surface area contributed by atoms with Crippen LogP contribution < -0.4 is 0 Å². The van der Waals surface area contributed by atoms with Crippen LogP contribution in [-0.4, -0.2) is 18.0 Å². The summed E-state index contributed by atoms with van der Waals surface area (Å²) < 4.78 is 1.16. The van der Waals surface area contributed by atoms with E-state index in [4.69, 9.17) is 0 Å². The van der Waals surface area contributed by atoms with Crippen LogP contribution in [-0.2, 0) is 6.54 Å². The quantitative estimate of drug-likeness (QED) is 0.573. The standard InChI is InChI=1S/C13H16IN/c1-3-9-15(10-12(2)14)11-13-7-5-4-6-8-13/h3-8H,1-2,9-11H2. The second kappa shape index (κ2) is 6.80. The largest absolute Gasteiger partial charge is 0.291 e. The summed E-state index contributed by atoms with van der Waals surface area (Å²) in [5, 5.41) is 0. The van der Waals surface area contributed by atoms with Gasteiger partial charge < -0.3 is 0 Å². The second-order valence-corrected chi connectivity index (χ2v) is 4.99. The summed E-state index contributed by atoms with van der Waals surface area (Å²) in [5.74, 6) is 0. The summed E-state index contributed by atoms with van der Waals surface area (Å²) >= 11 is 2.27. The Morgan fingerprint density at radius 3 is 2.53 bits per heavy atom. The smallest absolute Gasteiger partial charge is 0.0292 e. The molecule has 15 heavy (non-hydrogen) atoms. The average Bonchev–Trinajstić information content (AvgIpc) is 2.18. The Morgan fingerprint density at radius 1 is 1.33 bits per heavy atom. The van der Waals surface area contributed by atoms with E-state index in [0.29, 0.717) is 0 Å². The Bertz CT molecular complexity index is 319. The fourth-order valence-electron chi connectivity index (χ4n) is 1.45. The Morgan fingerprint density at radius 2 is 2.00 bits per heavy atom. The maximum atomic E-state index is 3.93. The SMILES string of the molecule is C=CCN(CC(=C)I)Cc1ccccc1. The van der Waals surface area contributed by atoms with Gasteiger partial charge in [0.1, 0.15) is 0 Å². The molecule has 1 nitrogen and oxygen atoms in total. The van der Waals surface area contributed by atoms with Crippen molar-refractivity contribution >= 4 is 22.6 Å². The van der Waals surface area contributed by atoms with Gasteiger partial charge in [0.25, 0.3) is 0 Å². The maximum absolute atomic E-state index is 3.93. The highest BCUT2D eigenvalue weighted by Gasteiger charge is 2.04. The molecule has 0 N–H and O–H groups in total. The van der Waals surface area contributed by atoms with Gasteiger partial charge in [-0.1, -0.05) is 43.0 Å². The average molecular weight is 313 g/mol. The monoisotopic (exact) mass is 313 g/mol. The zero-order valence-electron chi connectivity index (χ0n) is 8.82. The first-order valence-corrected chi connectivity index (χ1v) is 6.00. The van der Waals surface area contributed by atoms with Crippen molar-refractivity contribution in [2.75, 3.05) is 13.1 Å². The molecule has 1 rings (SSSR count). The highest BCUT2D eigenvalue weighted by Crippen LogP contribution is 2.09. The molecule has 0 aliphatic carbocycles. The predicted octanol–water partition coefficient (Wildman–Crippen LogP) is 3.62. The molecule has 0 aliphatic heterocycles. The fraction of sp³-hybridized carbons (Fsp3) is 0.231. The van der Waals surface area contributed by atoms with Crippen LogP contribution >= 0.6 is 22.6 Å². The number of nitrogens with zero attached hydrogens (tertiary/aromatic N) is 1. The molecule has 0 fully saturated rings. The molecule has 0 saturated carbocycles. The van der Waals surface area contributed by atoms with E-state index in [9.17, 15) is 0 Å². The van der Waals surface area contributed by atoms with Gasteiger partial charge in [0.05, 0.1) is 0 Å². The molecule has 0 aromatic heterocycles. The number of hydrogen-bond donors (Lipinski definition) is 0. The summed E-state index contributed by atoms with van der Waals surface area (Å²) in [7, 11) is 0. The highest BCUT2D eigenvalue weighted by molar-refractivity contribution is 14.1. The third-order valence-corrected chi connectivity index (χ3v) is 2.37. The van der Waals surface area contributed by atoms with Crippen molar-refractivity contribution in [1.82, 2.24) is 4.90 Å². The van der Waals surface area contributed by atoms with Crippen molar-refractivity contribution in [2.45, 2.75) is 6.54 Å². The zero-order valence-corrected chi connectivity index (χ0v) is 11.0. The van der Waals surface area contributed by atoms with Gasteiger partial charge in [0.2, 0.25) is 0 Å². The van der Waals surface area contributed by atoms with E-state index in [1.807, 2.05) is 12.1 Å². The lowest BCUT2D eigenvalue weighted by Crippen LogP contribution is -2.24. The summed E-state index contributed by atoms with van der Waals surface area (Å²) in [6, 6.07) is 10.5. The summed E-state index contributed by atoms with van der Waals surface area (Å²) in [6.45, 7) is 10.5. The van der Waals surface area contributed by atoms with E-state index in [1.54, 1.807) is 0 Å². The summed E-state index contributed by atoms with van der Waals surface area (Å²) in [4.78, 5) is 2.32. The maximum Gasteiger partial charge on any atom is 0.0292 e. The van der Waals surface area contributed by atoms with Crippen LogP contribution in [0.5, 0.6) is 0 Å². The van der Waals surface area contributed by atoms with Gasteiger partial charge in [-0.3, -0.25) is 4.90 Å². The first-order chi connectivity index (χ1) is 7.22. The minimum absolute atomic E-state index is 0.900. The van der Waals surface area contributed by atoms with Gasteiger partial charge in [-0.25, -0.2) is 0 Å². The van der Waals surface area contributed by atoms with Crippen molar-refractivity contribution in [3.8, 4) is 0 Å². The van der Waals surface area contributed by atoms with Gasteiger partial charge in [-0.2, -0.15) is 0 Å². The van der Waals surface area contributed by atoms with Crippen molar-refractivity contribution in [3.63, 3.8) is 0 Å². The zero-order chi connectivity index (χ0) is 11.1. The van der Waals surface area contributed by atoms with Gasteiger partial charge in [0.15, 0.2) is 0 Å². The van der Waals surface area contributed by atoms with E-state index >= 15 is 0 Å². The molecule has 0 atom stereocenters. The van der Waals surface area contributed by atoms with E-state index in [-0.39, 0.29) is 0 Å². The number of rotatable bonds is 6. The van der Waals surface area contributed by atoms with E-state index in [2.05, 4.69) is 64.9 Å². The lowest BCUT2D eigenvalue weighted by molar-refractivity contribution is 0.327. The van der Waals surface area contributed by atoms with Crippen LogP contribution in [0.15, 0.2) is 53.1 Å². The minimum atomic E-state index is 0.900. The molecular formula is C13H16IN. The topological polar surface area (TPSA) is 3.24 Å². The van der Waals surface area contributed by atoms with E-state index in [1.165, 1.54) is 5.56 Å². The van der Waals surface area contributed by atoms with Crippen molar-refractivity contribution in [2.24, 2.45) is 0 Å². The lowest BCUT2D eigenvalue weighted by atomic mass is 10.2. The Kier molecular flexibility index (Phi) is 5.65. The van der Waals surface area contributed by atoms with Gasteiger partial charge in [-0.05, 0) is 31.7 Å². The van der Waals surface area contributed by atoms with Gasteiger partial charge in [-0.15, -0.1) is 6.58 Å². The minimum Gasteiger partial charge on any atom is -0.291 e. The molecule has 0 unspecified atom stereocenters. The Labute approximate surface area is 106 Å². The molecule has 0 aliphatic rings. The van der Waals surface area contributed by atoms with Crippen molar-refractivity contribution in [3.05, 3.63) is 58.7 Å². The molecule has 1 aromatic rings. The second-order valence-electron chi connectivity index (χ2n) is 3.46. The normalized spacial score (nSPS) is 10.3. The molecule has 2 heteroatoms. The molecule has 0 bridgehead atoms. The van der Waals surface area contributed by atoms with Gasteiger partial charge in [0, 0.05) is 19.6 Å². The highest BCUT2D eigenvalue weighted by atomic mass is 127. The van der Waals surface area contributed by atoms with Crippen LogP contribution in [0.2, 0.25) is 0 Å². The van der Waals surface area contributed by atoms with E-state index < -0.39 is 0 Å². The molecule has 1 aromatic carbocycles. The Balaban J connectivity index is 2.58. The van der Waals surface area contributed by atoms with E-state index in [0.717, 1.165) is 23.2 Å². The number of benzene rings is 1. The van der Waals surface area contributed by atoms with Crippen LogP contribution in [0.3, 0.4) is 0 Å². The third-order valence-electron chi connectivity index (χ3n) is 2.03. The summed E-state index contributed by atoms with van der Waals surface area (Å²) in [6.07, 6.45) is 1.93. The van der Waals surface area contributed by atoms with Crippen molar-refractivity contribution < 1.29 is 0 Å². The first kappa shape index (κ1) is 12.5. The molecule has 0 amide bonds. The molecular weight excluding hydrogens is 297 g/mol. The number of halogens is 1. The van der Waals surface area contributed by atoms with Crippen LogP contribution in [0.4, 0.5) is 0 Å². The number of hydrogen-bond acceptors (Lipinski definition) is 1. The molecule has 80 valence electrons. The lowest BCUT2D eigenvalue weighted by Gasteiger charge is -2.20. The first-order valence-electron chi connectivity index (χ1n) is 4.93. The van der Waals surface area contributed by atoms with Gasteiger partial charge >= 0.3 is 0 Å². The van der Waals surface area contributed by atoms with Crippen molar-refractivity contribution in [1.29, 1.82) is 0 Å². The third kappa shape index (κ3) is 5.14. The Hall–Kier alpha value is -0.610. The molecule has 0 spiro atoms. The van der Waals surface area contributed by atoms with Crippen LogP contribution in [0, 0.1) is 0 Å².